The molecule has 1 aromatic carbocycles. The fourth-order valence-electron chi connectivity index (χ4n) is 5.49. The van der Waals surface area contributed by atoms with Gasteiger partial charge in [0.05, 0.1) is 12.1 Å². The number of fused-ring (bicyclic) bond motifs is 1. The van der Waals surface area contributed by atoms with Gasteiger partial charge in [0.15, 0.2) is 17.3 Å². The fraction of sp³-hybridized carbons (Fsp3) is 0.414. The second-order valence-corrected chi connectivity index (χ2v) is 10.9. The number of pyridine rings is 1. The molecule has 3 aromatic heterocycles. The van der Waals surface area contributed by atoms with Crippen molar-refractivity contribution in [1.82, 2.24) is 24.5 Å². The zero-order valence-corrected chi connectivity index (χ0v) is 22.2. The predicted molar refractivity (Wildman–Crippen MR) is 143 cm³/mol. The molecule has 2 aliphatic rings. The minimum atomic E-state index is -4.82. The first-order valence-corrected chi connectivity index (χ1v) is 13.7. The molecule has 4 aromatic rings. The maximum atomic E-state index is 14.6. The molecular formula is C29H28F4N6O2. The first kappa shape index (κ1) is 27.1. The van der Waals surface area contributed by atoms with Gasteiger partial charge in [-0.15, -0.1) is 0 Å². The minimum Gasteiger partial charge on any atom is -0.475 e. The number of halogens is 4. The highest BCUT2D eigenvalue weighted by Crippen LogP contribution is 2.38. The SMILES string of the molecule is C[C@@H](Nc1nc(C(=O)O)nc2nc(-c3cc(C4CCC4)ccn3)n(Cc3ccc(C(F)(F)F)c(F)c3)c12)C1CCC1. The summed E-state index contributed by atoms with van der Waals surface area (Å²) in [6.45, 7) is 1.92. The fourth-order valence-corrected chi connectivity index (χ4v) is 5.49. The van der Waals surface area contributed by atoms with Gasteiger partial charge in [0.25, 0.3) is 0 Å². The second-order valence-electron chi connectivity index (χ2n) is 10.9. The number of hydrogen-bond donors (Lipinski definition) is 2. The van der Waals surface area contributed by atoms with E-state index in [1.807, 2.05) is 19.1 Å². The van der Waals surface area contributed by atoms with E-state index in [4.69, 9.17) is 0 Å². The van der Waals surface area contributed by atoms with E-state index < -0.39 is 29.4 Å². The Morgan fingerprint density at radius 2 is 1.85 bits per heavy atom. The summed E-state index contributed by atoms with van der Waals surface area (Å²) in [6.07, 6.45) is 3.29. The average Bonchev–Trinajstić information content (AvgIpc) is 3.19. The second kappa shape index (κ2) is 10.4. The quantitative estimate of drug-likeness (QED) is 0.229. The number of nitrogens with one attached hydrogen (secondary N) is 1. The van der Waals surface area contributed by atoms with Crippen LogP contribution < -0.4 is 5.32 Å². The molecule has 6 rings (SSSR count). The van der Waals surface area contributed by atoms with Crippen LogP contribution in [-0.4, -0.2) is 41.6 Å². The molecule has 2 aliphatic carbocycles. The first-order valence-electron chi connectivity index (χ1n) is 13.7. The molecule has 1 atom stereocenters. The molecule has 0 saturated heterocycles. The Bertz CT molecular complexity index is 1630. The van der Waals surface area contributed by atoms with Crippen molar-refractivity contribution in [3.63, 3.8) is 0 Å². The third kappa shape index (κ3) is 5.22. The predicted octanol–water partition coefficient (Wildman–Crippen LogP) is 6.66. The molecule has 0 spiro atoms. The third-order valence-electron chi connectivity index (χ3n) is 8.28. The van der Waals surface area contributed by atoms with Crippen molar-refractivity contribution in [2.24, 2.45) is 5.92 Å². The summed E-state index contributed by atoms with van der Waals surface area (Å²) in [5.41, 5.74) is 0.958. The van der Waals surface area contributed by atoms with Crippen LogP contribution >= 0.6 is 0 Å². The number of alkyl halides is 3. The first-order chi connectivity index (χ1) is 19.6. The minimum absolute atomic E-state index is 0.0288. The summed E-state index contributed by atoms with van der Waals surface area (Å²) < 4.78 is 55.9. The summed E-state index contributed by atoms with van der Waals surface area (Å²) >= 11 is 0. The van der Waals surface area contributed by atoms with Gasteiger partial charge in [0.1, 0.15) is 17.0 Å². The van der Waals surface area contributed by atoms with Crippen LogP contribution in [0.2, 0.25) is 0 Å². The smallest absolute Gasteiger partial charge is 0.419 e. The number of aromatic nitrogens is 5. The Kier molecular flexibility index (Phi) is 6.87. The molecule has 12 heteroatoms. The van der Waals surface area contributed by atoms with Gasteiger partial charge in [0, 0.05) is 12.2 Å². The molecule has 0 radical (unpaired) electrons. The summed E-state index contributed by atoms with van der Waals surface area (Å²) in [5.74, 6) is -1.78. The maximum absolute atomic E-state index is 14.6. The van der Waals surface area contributed by atoms with Gasteiger partial charge in [-0.3, -0.25) is 4.98 Å². The number of hydrogen-bond acceptors (Lipinski definition) is 6. The van der Waals surface area contributed by atoms with Crippen molar-refractivity contribution < 1.29 is 27.5 Å². The van der Waals surface area contributed by atoms with Crippen LogP contribution in [0.25, 0.3) is 22.7 Å². The van der Waals surface area contributed by atoms with Gasteiger partial charge < -0.3 is 15.0 Å². The Hall–Kier alpha value is -4.09. The molecule has 0 bridgehead atoms. The number of anilines is 1. The van der Waals surface area contributed by atoms with Crippen molar-refractivity contribution in [3.8, 4) is 11.5 Å². The van der Waals surface area contributed by atoms with E-state index in [1.165, 1.54) is 6.07 Å². The molecule has 0 aliphatic heterocycles. The van der Waals surface area contributed by atoms with Gasteiger partial charge >= 0.3 is 12.1 Å². The maximum Gasteiger partial charge on any atom is 0.419 e. The number of imidazole rings is 1. The Labute approximate surface area is 232 Å². The zero-order chi connectivity index (χ0) is 28.9. The molecule has 41 heavy (non-hydrogen) atoms. The Balaban J connectivity index is 1.52. The topological polar surface area (TPSA) is 106 Å². The van der Waals surface area contributed by atoms with Crippen molar-refractivity contribution in [3.05, 3.63) is 64.9 Å². The molecule has 2 saturated carbocycles. The Morgan fingerprint density at radius 3 is 2.46 bits per heavy atom. The molecular weight excluding hydrogens is 540 g/mol. The number of rotatable bonds is 8. The number of carbonyl (C=O) groups is 1. The summed E-state index contributed by atoms with van der Waals surface area (Å²) in [7, 11) is 0. The van der Waals surface area contributed by atoms with Crippen LogP contribution in [0.15, 0.2) is 36.5 Å². The number of carboxylic acids is 1. The van der Waals surface area contributed by atoms with E-state index in [-0.39, 0.29) is 29.6 Å². The summed E-state index contributed by atoms with van der Waals surface area (Å²) in [6, 6.07) is 6.63. The van der Waals surface area contributed by atoms with E-state index in [2.05, 4.69) is 25.3 Å². The molecule has 3 heterocycles. The van der Waals surface area contributed by atoms with Gasteiger partial charge in [-0.1, -0.05) is 18.9 Å². The van der Waals surface area contributed by atoms with Gasteiger partial charge in [-0.05, 0) is 79.8 Å². The standard InChI is InChI=1S/C29H28F4N6O2/c1-15(17-4-2-5-17)35-24-23-25(37-26(36-24)28(40)41)38-27(22-13-19(10-11-34-22)18-6-3-7-18)39(23)14-16-8-9-20(21(30)12-16)29(31,32)33/h8-13,15,17-18H,2-7,14H2,1H3,(H,40,41)(H,35,36,37)/t15-/m1/s1. The van der Waals surface area contributed by atoms with E-state index >= 15 is 0 Å². The largest absolute Gasteiger partial charge is 0.475 e. The lowest BCUT2D eigenvalue weighted by molar-refractivity contribution is -0.140. The van der Waals surface area contributed by atoms with E-state index in [1.54, 1.807) is 10.8 Å². The lowest BCUT2D eigenvalue weighted by Gasteiger charge is -2.32. The zero-order valence-electron chi connectivity index (χ0n) is 22.2. The van der Waals surface area contributed by atoms with Crippen molar-refractivity contribution in [1.29, 1.82) is 0 Å². The van der Waals surface area contributed by atoms with Gasteiger partial charge in [-0.2, -0.15) is 13.2 Å². The highest BCUT2D eigenvalue weighted by atomic mass is 19.4. The summed E-state index contributed by atoms with van der Waals surface area (Å²) in [4.78, 5) is 29.6. The average molecular weight is 569 g/mol. The Morgan fingerprint density at radius 1 is 1.10 bits per heavy atom. The molecule has 2 fully saturated rings. The normalized spacial score (nSPS) is 16.8. The van der Waals surface area contributed by atoms with Crippen molar-refractivity contribution >= 4 is 23.0 Å². The number of benzene rings is 1. The van der Waals surface area contributed by atoms with Crippen molar-refractivity contribution in [2.75, 3.05) is 5.32 Å². The van der Waals surface area contributed by atoms with E-state index in [0.717, 1.165) is 56.2 Å². The summed E-state index contributed by atoms with van der Waals surface area (Å²) in [5, 5.41) is 13.1. The molecule has 0 amide bonds. The van der Waals surface area contributed by atoms with Gasteiger partial charge in [-0.25, -0.2) is 24.1 Å². The lowest BCUT2D eigenvalue weighted by atomic mass is 9.80. The van der Waals surface area contributed by atoms with Crippen LogP contribution in [0.5, 0.6) is 0 Å². The van der Waals surface area contributed by atoms with E-state index in [0.29, 0.717) is 28.9 Å². The molecule has 8 nitrogen and oxygen atoms in total. The van der Waals surface area contributed by atoms with Crippen molar-refractivity contribution in [2.45, 2.75) is 70.1 Å². The number of nitrogens with zero attached hydrogens (tertiary/aromatic N) is 5. The molecule has 214 valence electrons. The lowest BCUT2D eigenvalue weighted by Crippen LogP contribution is -2.31. The van der Waals surface area contributed by atoms with Crippen LogP contribution in [0.4, 0.5) is 23.4 Å². The highest BCUT2D eigenvalue weighted by Gasteiger charge is 2.34. The highest BCUT2D eigenvalue weighted by molar-refractivity contribution is 5.92. The number of aromatic carboxylic acids is 1. The molecule has 2 N–H and O–H groups in total. The molecule has 0 unspecified atom stereocenters. The van der Waals surface area contributed by atoms with Gasteiger partial charge in [0.2, 0.25) is 5.82 Å². The number of carboxylic acid groups (broad SMARTS) is 1. The van der Waals surface area contributed by atoms with E-state index in [9.17, 15) is 27.5 Å². The van der Waals surface area contributed by atoms with Crippen LogP contribution in [0, 0.1) is 11.7 Å². The van der Waals surface area contributed by atoms with Crippen LogP contribution in [0.1, 0.15) is 78.7 Å². The van der Waals surface area contributed by atoms with Crippen LogP contribution in [0.3, 0.4) is 0 Å². The monoisotopic (exact) mass is 568 g/mol. The third-order valence-corrected chi connectivity index (χ3v) is 8.28. The van der Waals surface area contributed by atoms with Crippen LogP contribution in [-0.2, 0) is 12.7 Å².